The Hall–Kier alpha value is -3.45. The highest BCUT2D eigenvalue weighted by Gasteiger charge is 2.21. The first kappa shape index (κ1) is 19.8. The Morgan fingerprint density at radius 2 is 1.93 bits per heavy atom. The first-order valence-electron chi connectivity index (χ1n) is 9.79. The van der Waals surface area contributed by atoms with Crippen LogP contribution in [0.25, 0.3) is 22.3 Å². The molecule has 1 atom stereocenters. The van der Waals surface area contributed by atoms with Crippen LogP contribution in [0.15, 0.2) is 54.7 Å². The minimum atomic E-state index is -0.566. The van der Waals surface area contributed by atoms with Crippen molar-refractivity contribution < 1.29 is 14.3 Å². The van der Waals surface area contributed by atoms with Gasteiger partial charge in [0.15, 0.2) is 0 Å². The Labute approximate surface area is 174 Å². The molecule has 0 spiro atoms. The van der Waals surface area contributed by atoms with E-state index in [9.17, 15) is 14.3 Å². The predicted octanol–water partition coefficient (Wildman–Crippen LogP) is 3.76. The van der Waals surface area contributed by atoms with Crippen LogP contribution in [0.2, 0.25) is 0 Å². The van der Waals surface area contributed by atoms with Gasteiger partial charge in [-0.15, -0.1) is 0 Å². The summed E-state index contributed by atoms with van der Waals surface area (Å²) in [4.78, 5) is 17.8. The third-order valence-corrected chi connectivity index (χ3v) is 5.23. The van der Waals surface area contributed by atoms with Crippen LogP contribution in [0.1, 0.15) is 13.3 Å². The molecule has 0 unspecified atom stereocenters. The molecule has 1 aromatic heterocycles. The maximum absolute atomic E-state index is 14.4. The first-order chi connectivity index (χ1) is 14.4. The highest BCUT2D eigenvalue weighted by molar-refractivity contribution is 5.89. The second-order valence-corrected chi connectivity index (χ2v) is 7.48. The summed E-state index contributed by atoms with van der Waals surface area (Å²) in [7, 11) is 0. The number of phenolic OH excluding ortho intramolecular Hbond substituents is 1. The van der Waals surface area contributed by atoms with Crippen LogP contribution in [-0.2, 0) is 4.79 Å². The van der Waals surface area contributed by atoms with Crippen LogP contribution >= 0.6 is 0 Å². The molecule has 0 bridgehead atoms. The number of hydrogen-bond acceptors (Lipinski definition) is 5. The van der Waals surface area contributed by atoms with Crippen molar-refractivity contribution in [2.75, 3.05) is 23.3 Å². The summed E-state index contributed by atoms with van der Waals surface area (Å²) < 4.78 is 14.4. The number of phenols is 1. The molecule has 1 fully saturated rings. The van der Waals surface area contributed by atoms with Gasteiger partial charge >= 0.3 is 0 Å². The minimum Gasteiger partial charge on any atom is -0.507 e. The van der Waals surface area contributed by atoms with Crippen LogP contribution < -0.4 is 16.0 Å². The average molecular weight is 406 g/mol. The Morgan fingerprint density at radius 3 is 2.57 bits per heavy atom. The topological polar surface area (TPSA) is 91.5 Å². The van der Waals surface area contributed by atoms with E-state index in [1.807, 2.05) is 24.3 Å². The van der Waals surface area contributed by atoms with Gasteiger partial charge in [0.25, 0.3) is 0 Å². The van der Waals surface area contributed by atoms with Gasteiger partial charge in [-0.3, -0.25) is 4.79 Å². The Kier molecular flexibility index (Phi) is 5.37. The number of para-hydroxylation sites is 1. The number of carbonyl (C=O) groups is 1. The number of aromatic hydroxyl groups is 1. The van der Waals surface area contributed by atoms with E-state index in [4.69, 9.17) is 5.73 Å². The van der Waals surface area contributed by atoms with E-state index >= 15 is 0 Å². The molecule has 0 saturated carbocycles. The molecule has 2 heterocycles. The fourth-order valence-corrected chi connectivity index (χ4v) is 3.74. The van der Waals surface area contributed by atoms with Crippen LogP contribution in [-0.4, -0.2) is 35.1 Å². The summed E-state index contributed by atoms with van der Waals surface area (Å²) in [5.41, 5.74) is 8.57. The molecule has 0 radical (unpaired) electrons. The maximum atomic E-state index is 14.4. The first-order valence-corrected chi connectivity index (χ1v) is 9.79. The average Bonchev–Trinajstić information content (AvgIpc) is 3.16. The SMILES string of the molecule is CC(=O)Nc1ccc(-c2cccc(-c3ccnc(N4CC[C@H](N)C4)c3)c2O)cc1F. The lowest BCUT2D eigenvalue weighted by atomic mass is 9.97. The van der Waals surface area contributed by atoms with Crippen LogP contribution in [0.4, 0.5) is 15.9 Å². The molecule has 7 heteroatoms. The zero-order chi connectivity index (χ0) is 21.3. The molecule has 4 rings (SSSR count). The molecule has 4 N–H and O–H groups in total. The van der Waals surface area contributed by atoms with Crippen LogP contribution in [0.5, 0.6) is 5.75 Å². The van der Waals surface area contributed by atoms with E-state index in [0.29, 0.717) is 16.7 Å². The minimum absolute atomic E-state index is 0.0550. The largest absolute Gasteiger partial charge is 0.507 e. The summed E-state index contributed by atoms with van der Waals surface area (Å²) in [5, 5.41) is 13.4. The summed E-state index contributed by atoms with van der Waals surface area (Å²) in [6.07, 6.45) is 2.63. The maximum Gasteiger partial charge on any atom is 0.221 e. The van der Waals surface area contributed by atoms with E-state index < -0.39 is 5.82 Å². The molecule has 0 aliphatic carbocycles. The van der Waals surface area contributed by atoms with Gasteiger partial charge in [-0.2, -0.15) is 0 Å². The number of nitrogens with zero attached hydrogens (tertiary/aromatic N) is 2. The third-order valence-electron chi connectivity index (χ3n) is 5.23. The molecule has 1 saturated heterocycles. The second kappa shape index (κ2) is 8.12. The number of benzene rings is 2. The van der Waals surface area contributed by atoms with E-state index in [1.54, 1.807) is 18.3 Å². The van der Waals surface area contributed by atoms with Gasteiger partial charge in [0.2, 0.25) is 5.91 Å². The van der Waals surface area contributed by atoms with Crippen molar-refractivity contribution in [3.63, 3.8) is 0 Å². The lowest BCUT2D eigenvalue weighted by Crippen LogP contribution is -2.26. The summed E-state index contributed by atoms with van der Waals surface area (Å²) >= 11 is 0. The number of pyridine rings is 1. The standard InChI is InChI=1S/C23H23FN4O2/c1-14(29)27-21-6-5-15(11-20(21)24)18-3-2-4-19(23(18)30)16-7-9-26-22(12-16)28-10-8-17(25)13-28/h2-7,9,11-12,17,30H,8,10,13,25H2,1H3,(H,27,29)/t17-/m0/s1. The number of amides is 1. The van der Waals surface area contributed by atoms with Crippen molar-refractivity contribution in [1.29, 1.82) is 0 Å². The van der Waals surface area contributed by atoms with Crippen molar-refractivity contribution in [3.8, 4) is 28.0 Å². The molecule has 2 aromatic carbocycles. The van der Waals surface area contributed by atoms with Crippen molar-refractivity contribution in [2.45, 2.75) is 19.4 Å². The normalized spacial score (nSPS) is 16.0. The fourth-order valence-electron chi connectivity index (χ4n) is 3.74. The zero-order valence-corrected chi connectivity index (χ0v) is 16.6. The van der Waals surface area contributed by atoms with Gasteiger partial charge in [-0.25, -0.2) is 9.37 Å². The molecule has 3 aromatic rings. The van der Waals surface area contributed by atoms with Crippen LogP contribution in [0, 0.1) is 5.82 Å². The quantitative estimate of drug-likeness (QED) is 0.614. The number of nitrogens with two attached hydrogens (primary N) is 1. The van der Waals surface area contributed by atoms with Crippen molar-refractivity contribution in [1.82, 2.24) is 4.98 Å². The second-order valence-electron chi connectivity index (χ2n) is 7.48. The van der Waals surface area contributed by atoms with E-state index in [0.717, 1.165) is 30.9 Å². The number of anilines is 2. The highest BCUT2D eigenvalue weighted by Crippen LogP contribution is 2.39. The van der Waals surface area contributed by atoms with E-state index in [2.05, 4.69) is 15.2 Å². The van der Waals surface area contributed by atoms with Gasteiger partial charge in [0.1, 0.15) is 17.4 Å². The van der Waals surface area contributed by atoms with Gasteiger partial charge in [-0.05, 0) is 41.8 Å². The van der Waals surface area contributed by atoms with Crippen molar-refractivity contribution >= 4 is 17.4 Å². The number of halogens is 1. The number of aromatic nitrogens is 1. The third kappa shape index (κ3) is 3.97. The molecular formula is C23H23FN4O2. The lowest BCUT2D eigenvalue weighted by Gasteiger charge is -2.18. The Morgan fingerprint density at radius 1 is 1.20 bits per heavy atom. The van der Waals surface area contributed by atoms with E-state index in [1.165, 1.54) is 19.1 Å². The molecular weight excluding hydrogens is 383 g/mol. The van der Waals surface area contributed by atoms with Crippen molar-refractivity contribution in [2.24, 2.45) is 5.73 Å². The van der Waals surface area contributed by atoms with Gasteiger partial charge in [0.05, 0.1) is 5.69 Å². The lowest BCUT2D eigenvalue weighted by molar-refractivity contribution is -0.114. The summed E-state index contributed by atoms with van der Waals surface area (Å²) in [6.45, 7) is 2.92. The fraction of sp³-hybridized carbons (Fsp3) is 0.217. The molecule has 30 heavy (non-hydrogen) atoms. The molecule has 154 valence electrons. The molecule has 6 nitrogen and oxygen atoms in total. The molecule has 1 aliphatic rings. The number of hydrogen-bond donors (Lipinski definition) is 3. The molecule has 1 aliphatic heterocycles. The van der Waals surface area contributed by atoms with E-state index in [-0.39, 0.29) is 23.4 Å². The smallest absolute Gasteiger partial charge is 0.221 e. The summed E-state index contributed by atoms with van der Waals surface area (Å²) in [5.74, 6) is -0.0431. The monoisotopic (exact) mass is 406 g/mol. The Balaban J connectivity index is 1.69. The number of carbonyl (C=O) groups excluding carboxylic acids is 1. The molecule has 1 amide bonds. The predicted molar refractivity (Wildman–Crippen MR) is 116 cm³/mol. The van der Waals surface area contributed by atoms with Gasteiger partial charge in [0, 0.05) is 43.4 Å². The van der Waals surface area contributed by atoms with Gasteiger partial charge in [-0.1, -0.05) is 24.3 Å². The van der Waals surface area contributed by atoms with Crippen molar-refractivity contribution in [3.05, 3.63) is 60.5 Å². The number of nitrogens with one attached hydrogen (secondary N) is 1. The van der Waals surface area contributed by atoms with Crippen LogP contribution in [0.3, 0.4) is 0 Å². The highest BCUT2D eigenvalue weighted by atomic mass is 19.1. The Bertz CT molecular complexity index is 1100. The number of rotatable bonds is 4. The summed E-state index contributed by atoms with van der Waals surface area (Å²) in [6, 6.07) is 13.7. The zero-order valence-electron chi connectivity index (χ0n) is 16.6. The van der Waals surface area contributed by atoms with Gasteiger partial charge < -0.3 is 21.1 Å².